The molecule has 4 nitrogen and oxygen atoms in total. The predicted octanol–water partition coefficient (Wildman–Crippen LogP) is 2.99. The third-order valence-corrected chi connectivity index (χ3v) is 5.62. The number of hydrogen-bond acceptors (Lipinski definition) is 3. The van der Waals surface area contributed by atoms with Crippen molar-refractivity contribution in [1.82, 2.24) is 9.88 Å². The SMILES string of the molecule is O=C(C1CCCc2cccnc21)N1CC(O)(c2ccc(Br)cc2)C1. The van der Waals surface area contributed by atoms with Gasteiger partial charge in [-0.05, 0) is 48.6 Å². The number of fused-ring (bicyclic) bond motifs is 1. The Labute approximate surface area is 149 Å². The first-order valence-electron chi connectivity index (χ1n) is 8.28. The third-order valence-electron chi connectivity index (χ3n) is 5.09. The van der Waals surface area contributed by atoms with E-state index in [2.05, 4.69) is 27.0 Å². The first-order valence-corrected chi connectivity index (χ1v) is 9.07. The summed E-state index contributed by atoms with van der Waals surface area (Å²) in [4.78, 5) is 19.1. The van der Waals surface area contributed by atoms with Crippen LogP contribution in [0.25, 0.3) is 0 Å². The normalized spacial score (nSPS) is 21.8. The van der Waals surface area contributed by atoms with E-state index < -0.39 is 5.60 Å². The molecule has 2 aromatic rings. The Kier molecular flexibility index (Phi) is 3.93. The molecule has 0 saturated carbocycles. The summed E-state index contributed by atoms with van der Waals surface area (Å²) in [6.45, 7) is 0.707. The number of carbonyl (C=O) groups is 1. The van der Waals surface area contributed by atoms with Gasteiger partial charge in [-0.15, -0.1) is 0 Å². The molecule has 2 heterocycles. The van der Waals surface area contributed by atoms with E-state index in [0.29, 0.717) is 13.1 Å². The number of carbonyl (C=O) groups excluding carboxylic acids is 1. The van der Waals surface area contributed by atoms with Gasteiger partial charge >= 0.3 is 0 Å². The van der Waals surface area contributed by atoms with Crippen molar-refractivity contribution in [1.29, 1.82) is 0 Å². The molecule has 1 aliphatic heterocycles. The molecule has 0 radical (unpaired) electrons. The van der Waals surface area contributed by atoms with E-state index in [1.165, 1.54) is 5.56 Å². The van der Waals surface area contributed by atoms with Crippen LogP contribution in [0.4, 0.5) is 0 Å². The van der Waals surface area contributed by atoms with Crippen LogP contribution in [0, 0.1) is 0 Å². The van der Waals surface area contributed by atoms with Gasteiger partial charge in [-0.1, -0.05) is 34.1 Å². The first-order chi connectivity index (χ1) is 11.6. The molecular formula is C19H19BrN2O2. The molecule has 2 aliphatic rings. The summed E-state index contributed by atoms with van der Waals surface area (Å²) < 4.78 is 0.979. The lowest BCUT2D eigenvalue weighted by atomic mass is 9.81. The number of β-amino-alcohol motifs (C(OH)–C–C–N with tert-alkyl or cyclic N) is 1. The minimum atomic E-state index is -0.933. The smallest absolute Gasteiger partial charge is 0.231 e. The molecule has 1 aromatic carbocycles. The van der Waals surface area contributed by atoms with E-state index in [0.717, 1.165) is 35.0 Å². The lowest BCUT2D eigenvalue weighted by Gasteiger charge is -2.48. The molecule has 4 rings (SSSR count). The molecule has 1 aliphatic carbocycles. The number of aromatic nitrogens is 1. The second-order valence-electron chi connectivity index (χ2n) is 6.73. The number of likely N-dealkylation sites (tertiary alicyclic amines) is 1. The van der Waals surface area contributed by atoms with Crippen LogP contribution < -0.4 is 0 Å². The Balaban J connectivity index is 1.49. The largest absolute Gasteiger partial charge is 0.381 e. The molecule has 1 aromatic heterocycles. The van der Waals surface area contributed by atoms with Gasteiger partial charge in [-0.3, -0.25) is 9.78 Å². The monoisotopic (exact) mass is 386 g/mol. The minimum Gasteiger partial charge on any atom is -0.381 e. The Morgan fingerprint density at radius 3 is 2.75 bits per heavy atom. The zero-order valence-corrected chi connectivity index (χ0v) is 14.9. The van der Waals surface area contributed by atoms with Crippen molar-refractivity contribution in [3.05, 3.63) is 63.9 Å². The number of amides is 1. The highest BCUT2D eigenvalue weighted by Gasteiger charge is 2.47. The number of halogens is 1. The van der Waals surface area contributed by atoms with Crippen molar-refractivity contribution < 1.29 is 9.90 Å². The maximum absolute atomic E-state index is 12.9. The molecule has 0 spiro atoms. The highest BCUT2D eigenvalue weighted by molar-refractivity contribution is 9.10. The average Bonchev–Trinajstić information content (AvgIpc) is 2.58. The Bertz CT molecular complexity index is 769. The Morgan fingerprint density at radius 2 is 2.00 bits per heavy atom. The molecular weight excluding hydrogens is 368 g/mol. The number of aryl methyl sites for hydroxylation is 1. The number of rotatable bonds is 2. The number of hydrogen-bond donors (Lipinski definition) is 1. The molecule has 1 fully saturated rings. The first kappa shape index (κ1) is 15.8. The van der Waals surface area contributed by atoms with Crippen LogP contribution in [0.3, 0.4) is 0 Å². The lowest BCUT2D eigenvalue weighted by Crippen LogP contribution is -2.62. The van der Waals surface area contributed by atoms with Gasteiger partial charge in [0.15, 0.2) is 0 Å². The topological polar surface area (TPSA) is 53.4 Å². The predicted molar refractivity (Wildman–Crippen MR) is 94.5 cm³/mol. The molecule has 24 heavy (non-hydrogen) atoms. The average molecular weight is 387 g/mol. The fourth-order valence-electron chi connectivity index (χ4n) is 3.75. The van der Waals surface area contributed by atoms with Gasteiger partial charge in [0.25, 0.3) is 0 Å². The van der Waals surface area contributed by atoms with Crippen LogP contribution in [0.1, 0.15) is 35.6 Å². The summed E-state index contributed by atoms with van der Waals surface area (Å²) in [5, 5.41) is 10.8. The molecule has 1 atom stereocenters. The summed E-state index contributed by atoms with van der Waals surface area (Å²) in [7, 11) is 0. The van der Waals surface area contributed by atoms with Crippen LogP contribution in [-0.4, -0.2) is 34.0 Å². The quantitative estimate of drug-likeness (QED) is 0.862. The summed E-state index contributed by atoms with van der Waals surface area (Å²) >= 11 is 3.40. The van der Waals surface area contributed by atoms with Gasteiger partial charge in [0, 0.05) is 10.7 Å². The van der Waals surface area contributed by atoms with Gasteiger partial charge in [0.05, 0.1) is 24.7 Å². The fourth-order valence-corrected chi connectivity index (χ4v) is 4.02. The van der Waals surface area contributed by atoms with Crippen LogP contribution in [-0.2, 0) is 16.8 Å². The van der Waals surface area contributed by atoms with Crippen LogP contribution in [0.2, 0.25) is 0 Å². The van der Waals surface area contributed by atoms with E-state index in [9.17, 15) is 9.90 Å². The second kappa shape index (κ2) is 5.97. The van der Waals surface area contributed by atoms with Crippen LogP contribution >= 0.6 is 15.9 Å². The fraction of sp³-hybridized carbons (Fsp3) is 0.368. The van der Waals surface area contributed by atoms with E-state index in [1.807, 2.05) is 30.3 Å². The number of nitrogens with zero attached hydrogens (tertiary/aromatic N) is 2. The summed E-state index contributed by atoms with van der Waals surface area (Å²) in [6.07, 6.45) is 4.62. The van der Waals surface area contributed by atoms with Crippen molar-refractivity contribution in [3.8, 4) is 0 Å². The Hall–Kier alpha value is -1.72. The summed E-state index contributed by atoms with van der Waals surface area (Å²) in [6, 6.07) is 11.6. The third kappa shape index (κ3) is 2.66. The molecule has 1 saturated heterocycles. The van der Waals surface area contributed by atoms with Gasteiger partial charge in [-0.25, -0.2) is 0 Å². The molecule has 1 amide bonds. The van der Waals surface area contributed by atoms with Crippen molar-refractivity contribution in [2.75, 3.05) is 13.1 Å². The summed E-state index contributed by atoms with van der Waals surface area (Å²) in [5.41, 5.74) is 2.04. The molecule has 124 valence electrons. The lowest BCUT2D eigenvalue weighted by molar-refractivity contribution is -0.159. The number of aliphatic hydroxyl groups is 1. The van der Waals surface area contributed by atoms with Crippen LogP contribution in [0.5, 0.6) is 0 Å². The van der Waals surface area contributed by atoms with Crippen molar-refractivity contribution in [2.24, 2.45) is 0 Å². The highest BCUT2D eigenvalue weighted by atomic mass is 79.9. The summed E-state index contributed by atoms with van der Waals surface area (Å²) in [5.74, 6) is -0.0687. The van der Waals surface area contributed by atoms with E-state index >= 15 is 0 Å². The van der Waals surface area contributed by atoms with Crippen molar-refractivity contribution in [3.63, 3.8) is 0 Å². The maximum atomic E-state index is 12.9. The second-order valence-corrected chi connectivity index (χ2v) is 7.64. The maximum Gasteiger partial charge on any atom is 0.231 e. The van der Waals surface area contributed by atoms with Crippen molar-refractivity contribution in [2.45, 2.75) is 30.8 Å². The van der Waals surface area contributed by atoms with E-state index in [-0.39, 0.29) is 11.8 Å². The zero-order chi connectivity index (χ0) is 16.7. The Morgan fingerprint density at radius 1 is 1.25 bits per heavy atom. The van der Waals surface area contributed by atoms with Gasteiger partial charge in [-0.2, -0.15) is 0 Å². The minimum absolute atomic E-state index is 0.0939. The van der Waals surface area contributed by atoms with Gasteiger partial charge in [0.1, 0.15) is 5.60 Å². The van der Waals surface area contributed by atoms with Gasteiger partial charge < -0.3 is 10.0 Å². The zero-order valence-electron chi connectivity index (χ0n) is 13.3. The number of pyridine rings is 1. The number of benzene rings is 1. The highest BCUT2D eigenvalue weighted by Crippen LogP contribution is 2.37. The van der Waals surface area contributed by atoms with Crippen molar-refractivity contribution >= 4 is 21.8 Å². The molecule has 5 heteroatoms. The molecule has 1 unspecified atom stereocenters. The van der Waals surface area contributed by atoms with Crippen LogP contribution in [0.15, 0.2) is 47.1 Å². The molecule has 1 N–H and O–H groups in total. The standard InChI is InChI=1S/C19H19BrN2O2/c20-15-8-6-14(7-9-15)19(24)11-22(12-19)18(23)16-5-1-3-13-4-2-10-21-17(13)16/h2,4,6-10,16,24H,1,3,5,11-12H2. The van der Waals surface area contributed by atoms with E-state index in [1.54, 1.807) is 11.1 Å². The van der Waals surface area contributed by atoms with E-state index in [4.69, 9.17) is 0 Å². The molecule has 0 bridgehead atoms. The van der Waals surface area contributed by atoms with Gasteiger partial charge in [0.2, 0.25) is 5.91 Å².